The predicted molar refractivity (Wildman–Crippen MR) is 93.3 cm³/mol. The number of amides is 1. The number of nitrogens with zero attached hydrogens (tertiary/aromatic N) is 4. The van der Waals surface area contributed by atoms with E-state index in [1.807, 2.05) is 16.7 Å². The van der Waals surface area contributed by atoms with Crippen LogP contribution in [0.25, 0.3) is 0 Å². The summed E-state index contributed by atoms with van der Waals surface area (Å²) in [4.78, 5) is 14.9. The zero-order chi connectivity index (χ0) is 17.3. The van der Waals surface area contributed by atoms with Gasteiger partial charge in [-0.05, 0) is 19.8 Å². The number of hydrogen-bond donors (Lipinski definition) is 0. The molecule has 1 amide bonds. The van der Waals surface area contributed by atoms with Crippen LogP contribution in [0.15, 0.2) is 11.1 Å². The molecule has 2 fully saturated rings. The highest BCUT2D eigenvalue weighted by atomic mass is 32.2. The minimum atomic E-state index is -3.59. The minimum Gasteiger partial charge on any atom is -0.341 e. The Balaban J connectivity index is 1.75. The molecule has 9 heteroatoms. The van der Waals surface area contributed by atoms with Crippen LogP contribution in [0, 0.1) is 12.8 Å². The van der Waals surface area contributed by atoms with Crippen molar-refractivity contribution in [2.24, 2.45) is 13.0 Å². The lowest BCUT2D eigenvalue weighted by atomic mass is 9.98. The molecule has 1 atom stereocenters. The summed E-state index contributed by atoms with van der Waals surface area (Å²) in [5.41, 5.74) is 0.622. The SMILES string of the molecule is Cc1c(S(=O)(=O)N2CCCC(C(=O)N3CCSCC3)C2)cnn1C. The van der Waals surface area contributed by atoms with Crippen LogP contribution in [0.1, 0.15) is 18.5 Å². The Labute approximate surface area is 147 Å². The van der Waals surface area contributed by atoms with Gasteiger partial charge in [-0.1, -0.05) is 0 Å². The van der Waals surface area contributed by atoms with Crippen molar-refractivity contribution in [3.8, 4) is 0 Å². The fourth-order valence-corrected chi connectivity index (χ4v) is 5.89. The molecule has 0 saturated carbocycles. The van der Waals surface area contributed by atoms with Gasteiger partial charge in [-0.3, -0.25) is 9.48 Å². The first-order valence-electron chi connectivity index (χ1n) is 8.26. The molecule has 0 aromatic carbocycles. The first-order valence-corrected chi connectivity index (χ1v) is 10.9. The van der Waals surface area contributed by atoms with Gasteiger partial charge in [0.25, 0.3) is 0 Å². The number of aryl methyl sites for hydroxylation is 1. The van der Waals surface area contributed by atoms with Crippen molar-refractivity contribution < 1.29 is 13.2 Å². The molecule has 3 rings (SSSR count). The van der Waals surface area contributed by atoms with Crippen LogP contribution >= 0.6 is 11.8 Å². The third-order valence-corrected chi connectivity index (χ3v) is 7.77. The number of carbonyl (C=O) groups excluding carboxylic acids is 1. The first kappa shape index (κ1) is 17.8. The average molecular weight is 373 g/mol. The number of carbonyl (C=O) groups is 1. The standard InChI is InChI=1S/C15H24N4O3S2/c1-12-14(10-16-17(12)2)24(21,22)19-5-3-4-13(11-19)15(20)18-6-8-23-9-7-18/h10,13H,3-9,11H2,1-2H3. The summed E-state index contributed by atoms with van der Waals surface area (Å²) in [6.45, 7) is 4.04. The van der Waals surface area contributed by atoms with Gasteiger partial charge in [0.05, 0.1) is 17.8 Å². The summed E-state index contributed by atoms with van der Waals surface area (Å²) in [5, 5.41) is 4.04. The van der Waals surface area contributed by atoms with Crippen molar-refractivity contribution >= 4 is 27.7 Å². The van der Waals surface area contributed by atoms with E-state index in [2.05, 4.69) is 5.10 Å². The van der Waals surface area contributed by atoms with E-state index >= 15 is 0 Å². The molecular formula is C15H24N4O3S2. The van der Waals surface area contributed by atoms with Gasteiger partial charge < -0.3 is 4.90 Å². The summed E-state index contributed by atoms with van der Waals surface area (Å²) in [5.74, 6) is 1.82. The largest absolute Gasteiger partial charge is 0.341 e. The number of hydrogen-bond acceptors (Lipinski definition) is 5. The van der Waals surface area contributed by atoms with E-state index < -0.39 is 10.0 Å². The molecule has 3 heterocycles. The topological polar surface area (TPSA) is 75.5 Å². The molecule has 0 aliphatic carbocycles. The van der Waals surface area contributed by atoms with E-state index in [9.17, 15) is 13.2 Å². The number of piperidine rings is 1. The van der Waals surface area contributed by atoms with E-state index in [1.54, 1.807) is 18.7 Å². The lowest BCUT2D eigenvalue weighted by molar-refractivity contribution is -0.136. The van der Waals surface area contributed by atoms with Crippen LogP contribution in [-0.4, -0.2) is 71.0 Å². The molecule has 1 aromatic rings. The molecule has 1 unspecified atom stereocenters. The molecule has 0 bridgehead atoms. The Morgan fingerprint density at radius 2 is 2.00 bits per heavy atom. The summed E-state index contributed by atoms with van der Waals surface area (Å²) < 4.78 is 28.8. The van der Waals surface area contributed by atoms with Gasteiger partial charge in [-0.15, -0.1) is 0 Å². The fraction of sp³-hybridized carbons (Fsp3) is 0.733. The van der Waals surface area contributed by atoms with Crippen molar-refractivity contribution in [1.29, 1.82) is 0 Å². The third-order valence-electron chi connectivity index (χ3n) is 4.86. The van der Waals surface area contributed by atoms with Crippen LogP contribution in [-0.2, 0) is 21.9 Å². The van der Waals surface area contributed by atoms with Crippen LogP contribution in [0.5, 0.6) is 0 Å². The molecular weight excluding hydrogens is 348 g/mol. The van der Waals surface area contributed by atoms with E-state index in [1.165, 1.54) is 10.5 Å². The zero-order valence-electron chi connectivity index (χ0n) is 14.1. The number of aromatic nitrogens is 2. The monoisotopic (exact) mass is 372 g/mol. The van der Waals surface area contributed by atoms with Crippen molar-refractivity contribution in [1.82, 2.24) is 19.0 Å². The predicted octanol–water partition coefficient (Wildman–Crippen LogP) is 0.705. The Morgan fingerprint density at radius 3 is 2.62 bits per heavy atom. The van der Waals surface area contributed by atoms with E-state index in [-0.39, 0.29) is 23.3 Å². The Bertz CT molecular complexity index is 710. The van der Waals surface area contributed by atoms with Crippen LogP contribution in [0.3, 0.4) is 0 Å². The molecule has 2 aliphatic rings. The highest BCUT2D eigenvalue weighted by molar-refractivity contribution is 7.99. The summed E-state index contributed by atoms with van der Waals surface area (Å²) in [6, 6.07) is 0. The lowest BCUT2D eigenvalue weighted by Crippen LogP contribution is -2.48. The van der Waals surface area contributed by atoms with Gasteiger partial charge >= 0.3 is 0 Å². The number of thioether (sulfide) groups is 1. The average Bonchev–Trinajstić information content (AvgIpc) is 2.95. The molecule has 24 heavy (non-hydrogen) atoms. The molecule has 134 valence electrons. The maximum atomic E-state index is 12.9. The Morgan fingerprint density at radius 1 is 1.29 bits per heavy atom. The Kier molecular flexibility index (Phi) is 5.22. The van der Waals surface area contributed by atoms with E-state index in [4.69, 9.17) is 0 Å². The maximum Gasteiger partial charge on any atom is 0.246 e. The number of rotatable bonds is 3. The highest BCUT2D eigenvalue weighted by Gasteiger charge is 2.36. The normalized spacial score (nSPS) is 23.4. The van der Waals surface area contributed by atoms with E-state index in [0.717, 1.165) is 37.4 Å². The minimum absolute atomic E-state index is 0.109. The second-order valence-electron chi connectivity index (χ2n) is 6.36. The van der Waals surface area contributed by atoms with Crippen molar-refractivity contribution in [3.63, 3.8) is 0 Å². The number of sulfonamides is 1. The van der Waals surface area contributed by atoms with Gasteiger partial charge in [0.15, 0.2) is 0 Å². The quantitative estimate of drug-likeness (QED) is 0.781. The molecule has 2 aliphatic heterocycles. The van der Waals surface area contributed by atoms with Gasteiger partial charge in [0.1, 0.15) is 4.90 Å². The Hall–Kier alpha value is -1.06. The van der Waals surface area contributed by atoms with Gasteiger partial charge in [-0.25, -0.2) is 8.42 Å². The van der Waals surface area contributed by atoms with Gasteiger partial charge in [0, 0.05) is 44.7 Å². The summed E-state index contributed by atoms with van der Waals surface area (Å²) >= 11 is 1.86. The van der Waals surface area contributed by atoms with Crippen LogP contribution in [0.4, 0.5) is 0 Å². The van der Waals surface area contributed by atoms with Gasteiger partial charge in [-0.2, -0.15) is 21.2 Å². The van der Waals surface area contributed by atoms with Crippen LogP contribution in [0.2, 0.25) is 0 Å². The molecule has 0 radical (unpaired) electrons. The fourth-order valence-electron chi connectivity index (χ4n) is 3.28. The molecule has 2 saturated heterocycles. The molecule has 1 aromatic heterocycles. The molecule has 7 nitrogen and oxygen atoms in total. The van der Waals surface area contributed by atoms with Crippen molar-refractivity contribution in [3.05, 3.63) is 11.9 Å². The lowest BCUT2D eigenvalue weighted by Gasteiger charge is -2.35. The summed E-state index contributed by atoms with van der Waals surface area (Å²) in [7, 11) is -1.87. The second kappa shape index (κ2) is 7.05. The molecule has 0 spiro atoms. The molecule has 0 N–H and O–H groups in total. The summed E-state index contributed by atoms with van der Waals surface area (Å²) in [6.07, 6.45) is 2.88. The van der Waals surface area contributed by atoms with E-state index in [0.29, 0.717) is 12.2 Å². The van der Waals surface area contributed by atoms with Gasteiger partial charge in [0.2, 0.25) is 15.9 Å². The third kappa shape index (κ3) is 3.34. The highest BCUT2D eigenvalue weighted by Crippen LogP contribution is 2.27. The zero-order valence-corrected chi connectivity index (χ0v) is 15.8. The first-order chi connectivity index (χ1) is 11.4. The van der Waals surface area contributed by atoms with Crippen molar-refractivity contribution in [2.45, 2.75) is 24.7 Å². The second-order valence-corrected chi connectivity index (χ2v) is 9.49. The van der Waals surface area contributed by atoms with Crippen LogP contribution < -0.4 is 0 Å². The van der Waals surface area contributed by atoms with Crippen molar-refractivity contribution in [2.75, 3.05) is 37.7 Å². The smallest absolute Gasteiger partial charge is 0.246 e. The maximum absolute atomic E-state index is 12.9.